The van der Waals surface area contributed by atoms with Gasteiger partial charge in [0, 0.05) is 31.5 Å². The largest absolute Gasteiger partial charge is 0.494 e. The van der Waals surface area contributed by atoms with E-state index in [2.05, 4.69) is 0 Å². The Kier molecular flexibility index (Phi) is 10.3. The van der Waals surface area contributed by atoms with Crippen molar-refractivity contribution in [3.8, 4) is 5.75 Å². The van der Waals surface area contributed by atoms with Crippen LogP contribution in [0.25, 0.3) is 0 Å². The molecule has 0 aromatic heterocycles. The Morgan fingerprint density at radius 3 is 2.00 bits per heavy atom. The zero-order valence-electron chi connectivity index (χ0n) is 18.7. The third-order valence-electron chi connectivity index (χ3n) is 5.66. The normalized spacial score (nSPS) is 14.8. The fourth-order valence-corrected chi connectivity index (χ4v) is 3.99. The minimum Gasteiger partial charge on any atom is -0.494 e. The molecule has 2 unspecified atom stereocenters. The van der Waals surface area contributed by atoms with Crippen LogP contribution >= 0.6 is 0 Å². The molecule has 1 aromatic rings. The lowest BCUT2D eigenvalue weighted by atomic mass is 9.78. The average Bonchev–Trinajstić information content (AvgIpc) is 3.09. The van der Waals surface area contributed by atoms with Crippen molar-refractivity contribution in [1.29, 1.82) is 0 Å². The molecule has 0 radical (unpaired) electrons. The van der Waals surface area contributed by atoms with Gasteiger partial charge in [-0.25, -0.2) is 0 Å². The van der Waals surface area contributed by atoms with E-state index in [1.165, 1.54) is 12.2 Å². The lowest BCUT2D eigenvalue weighted by molar-refractivity contribution is -0.139. The second-order valence-corrected chi connectivity index (χ2v) is 8.12. The number of imide groups is 1. The maximum Gasteiger partial charge on any atom is 0.303 e. The number of rotatable bonds is 16. The first-order chi connectivity index (χ1) is 16.2. The Bertz CT molecular complexity index is 905. The molecule has 0 saturated heterocycles. The number of carboxylic acids is 3. The molecular formula is C24H29NO9. The summed E-state index contributed by atoms with van der Waals surface area (Å²) < 4.78 is 5.65. The summed E-state index contributed by atoms with van der Waals surface area (Å²) in [6.07, 6.45) is 3.46. The summed E-state index contributed by atoms with van der Waals surface area (Å²) in [4.78, 5) is 57.7. The standard InChI is InChI=1S/C24H29NO9/c26-20-10-11-21(27)25(20)13-2-14-34-18-8-5-17(6-9-18)19(15-24(32)33)16(7-12-23(30)31)3-1-4-22(28)29/h5-6,8-11,16,19H,1-4,7,12-15H2,(H,28,29)(H,30,31)(H,32,33). The summed E-state index contributed by atoms with van der Waals surface area (Å²) in [5.41, 5.74) is 0.708. The van der Waals surface area contributed by atoms with Crippen molar-refractivity contribution in [3.63, 3.8) is 0 Å². The van der Waals surface area contributed by atoms with Crippen LogP contribution in [0.2, 0.25) is 0 Å². The molecule has 0 fully saturated rings. The van der Waals surface area contributed by atoms with E-state index in [9.17, 15) is 29.1 Å². The zero-order chi connectivity index (χ0) is 25.1. The van der Waals surface area contributed by atoms with Crippen molar-refractivity contribution in [2.24, 2.45) is 5.92 Å². The number of amides is 2. The van der Waals surface area contributed by atoms with Gasteiger partial charge in [0.05, 0.1) is 13.0 Å². The number of carbonyl (C=O) groups excluding carboxylic acids is 2. The Labute approximate surface area is 196 Å². The smallest absolute Gasteiger partial charge is 0.303 e. The van der Waals surface area contributed by atoms with E-state index in [0.29, 0.717) is 30.6 Å². The van der Waals surface area contributed by atoms with Crippen LogP contribution in [0.15, 0.2) is 36.4 Å². The van der Waals surface area contributed by atoms with E-state index in [4.69, 9.17) is 14.9 Å². The number of benzene rings is 1. The summed E-state index contributed by atoms with van der Waals surface area (Å²) in [7, 11) is 0. The number of hydrogen-bond acceptors (Lipinski definition) is 6. The van der Waals surface area contributed by atoms with E-state index in [1.807, 2.05) is 0 Å². The molecule has 3 N–H and O–H groups in total. The van der Waals surface area contributed by atoms with E-state index in [-0.39, 0.29) is 56.6 Å². The highest BCUT2D eigenvalue weighted by Crippen LogP contribution is 2.35. The maximum absolute atomic E-state index is 11.5. The van der Waals surface area contributed by atoms with E-state index < -0.39 is 23.8 Å². The second-order valence-electron chi connectivity index (χ2n) is 8.12. The van der Waals surface area contributed by atoms with Crippen molar-refractivity contribution in [2.75, 3.05) is 13.2 Å². The number of hydrogen-bond donors (Lipinski definition) is 3. The first kappa shape index (κ1) is 26.6. The number of ether oxygens (including phenoxy) is 1. The predicted molar refractivity (Wildman–Crippen MR) is 119 cm³/mol. The lowest BCUT2D eigenvalue weighted by Crippen LogP contribution is -2.31. The van der Waals surface area contributed by atoms with Crippen LogP contribution in [0.3, 0.4) is 0 Å². The third kappa shape index (κ3) is 8.68. The Morgan fingerprint density at radius 2 is 1.44 bits per heavy atom. The predicted octanol–water partition coefficient (Wildman–Crippen LogP) is 2.67. The highest BCUT2D eigenvalue weighted by Gasteiger charge is 2.27. The molecule has 10 nitrogen and oxygen atoms in total. The summed E-state index contributed by atoms with van der Waals surface area (Å²) in [6.45, 7) is 0.510. The van der Waals surface area contributed by atoms with Crippen molar-refractivity contribution in [2.45, 2.75) is 50.9 Å². The van der Waals surface area contributed by atoms with Crippen molar-refractivity contribution in [3.05, 3.63) is 42.0 Å². The van der Waals surface area contributed by atoms with Crippen molar-refractivity contribution < 1.29 is 44.0 Å². The summed E-state index contributed by atoms with van der Waals surface area (Å²) >= 11 is 0. The molecule has 1 aliphatic heterocycles. The molecule has 2 atom stereocenters. The van der Waals surface area contributed by atoms with Gasteiger partial charge in [-0.15, -0.1) is 0 Å². The molecule has 34 heavy (non-hydrogen) atoms. The monoisotopic (exact) mass is 475 g/mol. The molecule has 0 aliphatic carbocycles. The van der Waals surface area contributed by atoms with Gasteiger partial charge in [0.1, 0.15) is 5.75 Å². The lowest BCUT2D eigenvalue weighted by Gasteiger charge is -2.26. The SMILES string of the molecule is O=C(O)CCCC(CCC(=O)O)C(CC(=O)O)c1ccc(OCCCN2C(=O)C=CC2=O)cc1. The molecule has 10 heteroatoms. The molecule has 1 aromatic carbocycles. The van der Waals surface area contributed by atoms with E-state index in [0.717, 1.165) is 4.90 Å². The van der Waals surface area contributed by atoms with Gasteiger partial charge in [-0.1, -0.05) is 12.1 Å². The van der Waals surface area contributed by atoms with Crippen LogP contribution in [0.1, 0.15) is 56.4 Å². The summed E-state index contributed by atoms with van der Waals surface area (Å²) in [5, 5.41) is 27.4. The molecule has 0 spiro atoms. The maximum atomic E-state index is 11.5. The minimum atomic E-state index is -1.02. The number of carbonyl (C=O) groups is 5. The van der Waals surface area contributed by atoms with Crippen LogP contribution < -0.4 is 4.74 Å². The number of carboxylic acid groups (broad SMARTS) is 3. The molecule has 1 heterocycles. The first-order valence-corrected chi connectivity index (χ1v) is 11.1. The Morgan fingerprint density at radius 1 is 0.824 bits per heavy atom. The number of nitrogens with zero attached hydrogens (tertiary/aromatic N) is 1. The van der Waals surface area contributed by atoms with Gasteiger partial charge in [0.25, 0.3) is 11.8 Å². The molecule has 2 rings (SSSR count). The molecule has 0 bridgehead atoms. The highest BCUT2D eigenvalue weighted by molar-refractivity contribution is 6.12. The molecular weight excluding hydrogens is 446 g/mol. The van der Waals surface area contributed by atoms with Gasteiger partial charge in [-0.2, -0.15) is 0 Å². The van der Waals surface area contributed by atoms with E-state index in [1.54, 1.807) is 24.3 Å². The van der Waals surface area contributed by atoms with Gasteiger partial charge in [0.2, 0.25) is 0 Å². The molecule has 2 amide bonds. The Balaban J connectivity index is 2.00. The van der Waals surface area contributed by atoms with Gasteiger partial charge in [-0.05, 0) is 55.2 Å². The van der Waals surface area contributed by atoms with Crippen LogP contribution in [-0.2, 0) is 24.0 Å². The molecule has 184 valence electrons. The first-order valence-electron chi connectivity index (χ1n) is 11.1. The summed E-state index contributed by atoms with van der Waals surface area (Å²) in [5.74, 6) is -3.91. The van der Waals surface area contributed by atoms with Crippen LogP contribution in [0.4, 0.5) is 0 Å². The van der Waals surface area contributed by atoms with Crippen LogP contribution in [-0.4, -0.2) is 63.1 Å². The zero-order valence-corrected chi connectivity index (χ0v) is 18.7. The van der Waals surface area contributed by atoms with Crippen molar-refractivity contribution in [1.82, 2.24) is 4.90 Å². The third-order valence-corrected chi connectivity index (χ3v) is 5.66. The van der Waals surface area contributed by atoms with Crippen LogP contribution in [0, 0.1) is 5.92 Å². The quantitative estimate of drug-likeness (QED) is 0.241. The van der Waals surface area contributed by atoms with Gasteiger partial charge in [-0.3, -0.25) is 28.9 Å². The summed E-state index contributed by atoms with van der Waals surface area (Å²) in [6, 6.07) is 6.82. The van der Waals surface area contributed by atoms with E-state index >= 15 is 0 Å². The van der Waals surface area contributed by atoms with Gasteiger partial charge in [0.15, 0.2) is 0 Å². The Hall–Kier alpha value is -3.69. The fourth-order valence-electron chi connectivity index (χ4n) is 3.99. The topological polar surface area (TPSA) is 159 Å². The van der Waals surface area contributed by atoms with Gasteiger partial charge >= 0.3 is 17.9 Å². The second kappa shape index (κ2) is 13.1. The van der Waals surface area contributed by atoms with Crippen molar-refractivity contribution >= 4 is 29.7 Å². The highest BCUT2D eigenvalue weighted by atomic mass is 16.5. The fraction of sp³-hybridized carbons (Fsp3) is 0.458. The minimum absolute atomic E-state index is 0.0686. The molecule has 0 saturated carbocycles. The van der Waals surface area contributed by atoms with Gasteiger partial charge < -0.3 is 20.1 Å². The van der Waals surface area contributed by atoms with Crippen LogP contribution in [0.5, 0.6) is 5.75 Å². The average molecular weight is 475 g/mol. The molecule has 1 aliphatic rings. The number of aliphatic carboxylic acids is 3.